The monoisotopic (exact) mass is 1590 g/mol. The summed E-state index contributed by atoms with van der Waals surface area (Å²) in [5.41, 5.74) is 17.0. The molecule has 0 bridgehead atoms. The van der Waals surface area contributed by atoms with E-state index < -0.39 is 78.0 Å². The molecule has 7 N–H and O–H groups in total. The summed E-state index contributed by atoms with van der Waals surface area (Å²) in [5.74, 6) is -0.935. The number of ketones is 1. The molecule has 0 saturated heterocycles. The topological polar surface area (TPSA) is 318 Å². The van der Waals surface area contributed by atoms with Crippen LogP contribution in [0.1, 0.15) is 72.1 Å². The van der Waals surface area contributed by atoms with Gasteiger partial charge in [0.15, 0.2) is 49.2 Å². The maximum Gasteiger partial charge on any atom is 0.488 e. The Bertz CT molecular complexity index is 4560. The fourth-order valence-corrected chi connectivity index (χ4v) is 15.5. The molecule has 0 fully saturated rings. The zero-order valence-electron chi connectivity index (χ0n) is 52.9. The van der Waals surface area contributed by atoms with Crippen LogP contribution in [-0.4, -0.2) is 103 Å². The van der Waals surface area contributed by atoms with Crippen molar-refractivity contribution >= 4 is 170 Å². The van der Waals surface area contributed by atoms with Crippen LogP contribution in [0.5, 0.6) is 0 Å². The summed E-state index contributed by atoms with van der Waals surface area (Å²) in [5, 5.41) is 27.3. The summed E-state index contributed by atoms with van der Waals surface area (Å²) in [7, 11) is -18.0. The lowest BCUT2D eigenvalue weighted by Gasteiger charge is -2.12. The predicted octanol–water partition coefficient (Wildman–Crippen LogP) is 14.4. The fourth-order valence-electron chi connectivity index (χ4n) is 8.37. The van der Waals surface area contributed by atoms with E-state index in [1.165, 1.54) is 72.8 Å². The predicted molar refractivity (Wildman–Crippen MR) is 392 cm³/mol. The highest BCUT2D eigenvalue weighted by molar-refractivity contribution is 9.10. The van der Waals surface area contributed by atoms with E-state index in [2.05, 4.69) is 15.9 Å². The Kier molecular flexibility index (Phi) is 31.1. The maximum absolute atomic E-state index is 12.6. The number of aliphatic carboxylic acids is 1. The lowest BCUT2D eigenvalue weighted by Crippen LogP contribution is -2.29. The number of hydrogen-bond donors (Lipinski definition) is 5. The number of nitrogen functional groups attached to an aromatic ring is 2. The Morgan fingerprint density at radius 2 is 0.688 bits per heavy atom. The molecule has 516 valence electrons. The number of nitrogens with two attached hydrogens (primary N) is 2. The van der Waals surface area contributed by atoms with E-state index >= 15 is 0 Å². The molecule has 30 heteroatoms. The maximum atomic E-state index is 12.6. The lowest BCUT2D eigenvalue weighted by molar-refractivity contribution is -0.136. The van der Waals surface area contributed by atoms with Gasteiger partial charge in [-0.2, -0.15) is 0 Å². The van der Waals surface area contributed by atoms with Crippen LogP contribution < -0.4 is 16.9 Å². The SMILES string of the molecule is CC(C)S(=O)(=O)c1ccc(-c2c(Cl)cc(N)cc2Cl)cc1.CC(C)S(=O)(=O)c1ccc(B(O)O)cc1.CCS(=O)(=O)c1ccc(CC(=O)Cc2cc(Cl)c(-c3ccc(S(=O)(=O)C(C)C)cc3)c(Cl)c2)cc1.CCS(=O)(=O)c1ccc(CC(=O)O)cc1.Nc1cc(Cl)c(Br)c(Cl)c1. The number of carboxylic acids is 1. The van der Waals surface area contributed by atoms with Gasteiger partial charge in [-0.05, 0) is 188 Å². The minimum Gasteiger partial charge on any atom is -0.481 e. The summed E-state index contributed by atoms with van der Waals surface area (Å²) >= 11 is 39.9. The van der Waals surface area contributed by atoms with Crippen molar-refractivity contribution in [1.29, 1.82) is 0 Å². The Morgan fingerprint density at radius 1 is 0.417 bits per heavy atom. The number of anilines is 2. The molecule has 0 unspecified atom stereocenters. The average molecular weight is 1600 g/mol. The quantitative estimate of drug-likeness (QED) is 0.0285. The number of benzene rings is 8. The van der Waals surface area contributed by atoms with E-state index in [0.29, 0.717) is 73.8 Å². The second-order valence-corrected chi connectivity index (χ2v) is 37.2. The van der Waals surface area contributed by atoms with Gasteiger partial charge in [-0.25, -0.2) is 42.1 Å². The van der Waals surface area contributed by atoms with Gasteiger partial charge in [0.1, 0.15) is 5.78 Å². The first kappa shape index (κ1) is 82.9. The smallest absolute Gasteiger partial charge is 0.481 e. The number of sulfone groups is 5. The Morgan fingerprint density at radius 3 is 0.979 bits per heavy atom. The van der Waals surface area contributed by atoms with Gasteiger partial charge in [-0.15, -0.1) is 0 Å². The third kappa shape index (κ3) is 23.3. The molecule has 0 aliphatic heterocycles. The van der Waals surface area contributed by atoms with Crippen molar-refractivity contribution in [3.05, 3.63) is 209 Å². The van der Waals surface area contributed by atoms with Crippen molar-refractivity contribution in [2.75, 3.05) is 23.0 Å². The highest BCUT2D eigenvalue weighted by atomic mass is 79.9. The first-order chi connectivity index (χ1) is 44.5. The van der Waals surface area contributed by atoms with E-state index in [9.17, 15) is 51.7 Å². The lowest BCUT2D eigenvalue weighted by atomic mass is 9.81. The second-order valence-electron chi connectivity index (χ2n) is 21.9. The molecule has 8 aromatic carbocycles. The summed E-state index contributed by atoms with van der Waals surface area (Å²) in [6.45, 7) is 12.9. The van der Waals surface area contributed by atoms with Crippen LogP contribution in [-0.2, 0) is 78.0 Å². The molecule has 0 amide bonds. The minimum absolute atomic E-state index is 0.0178. The highest BCUT2D eigenvalue weighted by Crippen LogP contribution is 2.39. The Labute approximate surface area is 601 Å². The van der Waals surface area contributed by atoms with Crippen molar-refractivity contribution in [1.82, 2.24) is 0 Å². The third-order valence-corrected chi connectivity index (χ3v) is 27.1. The van der Waals surface area contributed by atoms with Gasteiger partial charge in [0.2, 0.25) is 0 Å². The average Bonchev–Trinajstić information content (AvgIpc) is 0.814. The van der Waals surface area contributed by atoms with Crippen LogP contribution in [0, 0.1) is 0 Å². The summed E-state index contributed by atoms with van der Waals surface area (Å²) in [6.07, 6.45) is 0.169. The number of carbonyl (C=O) groups is 2. The van der Waals surface area contributed by atoms with E-state index in [4.69, 9.17) is 96.2 Å². The van der Waals surface area contributed by atoms with Gasteiger partial charge in [0.05, 0.1) is 92.8 Å². The van der Waals surface area contributed by atoms with Crippen molar-refractivity contribution in [3.8, 4) is 22.3 Å². The summed E-state index contributed by atoms with van der Waals surface area (Å²) in [4.78, 5) is 24.2. The molecule has 0 heterocycles. The van der Waals surface area contributed by atoms with Gasteiger partial charge < -0.3 is 26.6 Å². The molecule has 0 atom stereocenters. The largest absolute Gasteiger partial charge is 0.488 e. The number of carboxylic acid groups (broad SMARTS) is 1. The fraction of sp³-hybridized carbons (Fsp3) is 0.242. The molecule has 8 rings (SSSR count). The van der Waals surface area contributed by atoms with E-state index in [0.717, 1.165) is 11.1 Å². The van der Waals surface area contributed by atoms with Crippen molar-refractivity contribution in [3.63, 3.8) is 0 Å². The number of carbonyl (C=O) groups excluding carboxylic acids is 1. The number of Topliss-reactive ketones (excluding diaryl/α,β-unsaturated/α-hetero) is 1. The van der Waals surface area contributed by atoms with Crippen molar-refractivity contribution in [2.45, 2.75) is 115 Å². The number of hydrogen-bond acceptors (Lipinski definition) is 16. The van der Waals surface area contributed by atoms with E-state index in [-0.39, 0.29) is 66.5 Å². The number of halogens is 7. The molecule has 0 aromatic heterocycles. The molecular formula is C66H70BBrCl6N2O15S5. The van der Waals surface area contributed by atoms with Crippen LogP contribution >= 0.6 is 85.5 Å². The van der Waals surface area contributed by atoms with Gasteiger partial charge >= 0.3 is 13.1 Å². The van der Waals surface area contributed by atoms with Crippen molar-refractivity contribution in [2.24, 2.45) is 0 Å². The van der Waals surface area contributed by atoms with E-state index in [1.807, 2.05) is 0 Å². The van der Waals surface area contributed by atoms with Crippen LogP contribution in [0.4, 0.5) is 11.4 Å². The summed E-state index contributed by atoms with van der Waals surface area (Å²) < 4.78 is 120. The molecule has 17 nitrogen and oxygen atoms in total. The Hall–Kier alpha value is -5.55. The van der Waals surface area contributed by atoms with Gasteiger partial charge in [0.25, 0.3) is 0 Å². The summed E-state index contributed by atoms with van der Waals surface area (Å²) in [6, 6.07) is 40.5. The first-order valence-electron chi connectivity index (χ1n) is 28.9. The van der Waals surface area contributed by atoms with Crippen LogP contribution in [0.2, 0.25) is 30.1 Å². The Balaban J connectivity index is 0.000000275. The molecule has 0 spiro atoms. The highest BCUT2D eigenvalue weighted by Gasteiger charge is 2.24. The van der Waals surface area contributed by atoms with Crippen molar-refractivity contribution < 1.29 is 66.8 Å². The molecule has 8 aromatic rings. The normalized spacial score (nSPS) is 11.7. The van der Waals surface area contributed by atoms with Crippen LogP contribution in [0.25, 0.3) is 22.3 Å². The molecule has 0 radical (unpaired) electrons. The molecule has 0 saturated carbocycles. The molecule has 96 heavy (non-hydrogen) atoms. The van der Waals surface area contributed by atoms with Crippen LogP contribution in [0.15, 0.2) is 187 Å². The number of rotatable bonds is 19. The zero-order chi connectivity index (χ0) is 72.6. The molecule has 0 aliphatic carbocycles. The van der Waals surface area contributed by atoms with Crippen LogP contribution in [0.3, 0.4) is 0 Å². The molecular weight excluding hydrogens is 1520 g/mol. The standard InChI is InChI=1S/C26H26Cl2O5S2.C15H15Cl2NO2S.C10H12O4S.C9H13BO4S.C6H4BrCl2N/c1-4-34(30,31)22-9-5-18(6-10-22)13-21(29)14-19-15-24(27)26(25(28)16-19)20-7-11-23(12-8-20)35(32,33)17(2)3;1-9(2)21(19,20)12-5-3-10(4-6-12)15-13(16)7-11(18)8-14(15)17;1-2-15(13,14)9-5-3-8(4-6-9)7-10(11)12;1-7(2)15(13,14)9-5-3-8(4-6-9)10(11)12;7-6-4(8)1-3(10)2-5(6)9/h5-12,15-17H,4,13-14H2,1-3H3;3-9H,18H2,1-2H3;3-6H,2,7H2,1H3,(H,11,12);3-7,11-12H,1-2H3;1-2H,10H2. The zero-order valence-corrected chi connectivity index (χ0v) is 63.1. The minimum atomic E-state index is -3.39. The van der Waals surface area contributed by atoms with Gasteiger partial charge in [-0.3, -0.25) is 9.59 Å². The first-order valence-corrected chi connectivity index (χ1v) is 39.9. The molecule has 0 aliphatic rings. The van der Waals surface area contributed by atoms with Gasteiger partial charge in [-0.1, -0.05) is 144 Å². The second kappa shape index (κ2) is 36.0. The van der Waals surface area contributed by atoms with Gasteiger partial charge in [0, 0.05) is 35.3 Å². The third-order valence-electron chi connectivity index (χ3n) is 14.0. The van der Waals surface area contributed by atoms with E-state index in [1.54, 1.807) is 140 Å².